The molecule has 0 saturated heterocycles. The molecule has 1 N–H and O–H groups in total. The van der Waals surface area contributed by atoms with Gasteiger partial charge in [-0.05, 0) is 59.2 Å². The molecule has 34 heavy (non-hydrogen) atoms. The quantitative estimate of drug-likeness (QED) is 0.467. The van der Waals surface area contributed by atoms with Gasteiger partial charge in [0, 0.05) is 6.54 Å². The Morgan fingerprint density at radius 1 is 0.941 bits per heavy atom. The van der Waals surface area contributed by atoms with Gasteiger partial charge in [-0.15, -0.1) is 0 Å². The van der Waals surface area contributed by atoms with Crippen molar-refractivity contribution in [3.05, 3.63) is 102 Å². The fourth-order valence-electron chi connectivity index (χ4n) is 4.10. The molecule has 0 bridgehead atoms. The smallest absolute Gasteiger partial charge is 0.264 e. The highest BCUT2D eigenvalue weighted by Gasteiger charge is 2.37. The van der Waals surface area contributed by atoms with E-state index in [1.54, 1.807) is 42.5 Å². The Morgan fingerprint density at radius 2 is 1.68 bits per heavy atom. The van der Waals surface area contributed by atoms with Crippen molar-refractivity contribution in [1.29, 1.82) is 0 Å². The molecule has 1 aliphatic heterocycles. The van der Waals surface area contributed by atoms with Crippen molar-refractivity contribution < 1.29 is 17.9 Å². The number of anilines is 1. The maximum Gasteiger partial charge on any atom is 0.264 e. The van der Waals surface area contributed by atoms with E-state index in [9.17, 15) is 13.2 Å². The Kier molecular flexibility index (Phi) is 5.71. The summed E-state index contributed by atoms with van der Waals surface area (Å²) in [6, 6.07) is 27.5. The Morgan fingerprint density at radius 3 is 2.47 bits per heavy atom. The maximum absolute atomic E-state index is 13.4. The molecule has 0 saturated carbocycles. The number of amides is 1. The van der Waals surface area contributed by atoms with Gasteiger partial charge >= 0.3 is 0 Å². The Bertz CT molecular complexity index is 1470. The van der Waals surface area contributed by atoms with Crippen molar-refractivity contribution in [2.45, 2.75) is 24.5 Å². The van der Waals surface area contributed by atoms with Crippen LogP contribution in [-0.4, -0.2) is 27.0 Å². The average molecular weight is 473 g/mol. The minimum absolute atomic E-state index is 0.114. The topological polar surface area (TPSA) is 75.7 Å². The molecule has 4 aromatic rings. The first-order valence-electron chi connectivity index (χ1n) is 11.0. The van der Waals surface area contributed by atoms with Crippen LogP contribution in [0.25, 0.3) is 10.8 Å². The van der Waals surface area contributed by atoms with E-state index < -0.39 is 16.1 Å². The van der Waals surface area contributed by atoms with Crippen LogP contribution in [0.2, 0.25) is 0 Å². The molecule has 5 rings (SSSR count). The number of benzene rings is 4. The molecule has 0 fully saturated rings. The summed E-state index contributed by atoms with van der Waals surface area (Å²) in [6.07, 6.45) is -0.978. The van der Waals surface area contributed by atoms with E-state index in [0.717, 1.165) is 21.9 Å². The predicted octanol–water partition coefficient (Wildman–Crippen LogP) is 4.42. The van der Waals surface area contributed by atoms with Crippen LogP contribution < -0.4 is 14.4 Å². The zero-order valence-corrected chi connectivity index (χ0v) is 19.5. The first-order chi connectivity index (χ1) is 16.4. The lowest BCUT2D eigenvalue weighted by atomic mass is 10.1. The molecule has 0 aliphatic carbocycles. The summed E-state index contributed by atoms with van der Waals surface area (Å²) in [5.41, 5.74) is 2.29. The molecular formula is C27H24N2O4S. The second-order valence-corrected chi connectivity index (χ2v) is 10.2. The fraction of sp³-hybridized carbons (Fsp3) is 0.148. The summed E-state index contributed by atoms with van der Waals surface area (Å²) in [4.78, 5) is 13.2. The first-order valence-corrected chi connectivity index (χ1v) is 12.5. The molecule has 0 unspecified atom stereocenters. The molecule has 0 aromatic heterocycles. The third-order valence-corrected chi connectivity index (χ3v) is 7.68. The number of ether oxygens (including phenoxy) is 1. The van der Waals surface area contributed by atoms with Gasteiger partial charge in [-0.25, -0.2) is 8.42 Å². The molecule has 4 aromatic carbocycles. The number of carbonyl (C=O) groups is 1. The number of aryl methyl sites for hydroxylation is 1. The Labute approximate surface area is 198 Å². The molecule has 7 heteroatoms. The second kappa shape index (κ2) is 8.83. The van der Waals surface area contributed by atoms with E-state index >= 15 is 0 Å². The lowest BCUT2D eigenvalue weighted by Crippen LogP contribution is -2.50. The van der Waals surface area contributed by atoms with E-state index in [2.05, 4.69) is 5.32 Å². The number of hydrogen-bond acceptors (Lipinski definition) is 4. The van der Waals surface area contributed by atoms with Gasteiger partial charge in [0.15, 0.2) is 6.10 Å². The normalized spacial score (nSPS) is 15.4. The number of rotatable bonds is 5. The minimum atomic E-state index is -3.87. The number of nitrogens with one attached hydrogen (secondary N) is 1. The van der Waals surface area contributed by atoms with E-state index in [1.807, 2.05) is 55.5 Å². The Hall–Kier alpha value is -3.84. The van der Waals surface area contributed by atoms with Gasteiger partial charge in [0.25, 0.3) is 15.9 Å². The lowest BCUT2D eigenvalue weighted by Gasteiger charge is -2.35. The predicted molar refractivity (Wildman–Crippen MR) is 132 cm³/mol. The molecule has 1 amide bonds. The van der Waals surface area contributed by atoms with Crippen LogP contribution >= 0.6 is 0 Å². The number of nitrogens with zero attached hydrogens (tertiary/aromatic N) is 1. The number of fused-ring (bicyclic) bond motifs is 2. The van der Waals surface area contributed by atoms with Crippen molar-refractivity contribution in [3.63, 3.8) is 0 Å². The summed E-state index contributed by atoms with van der Waals surface area (Å²) in [5, 5.41) is 5.12. The molecule has 1 aliphatic rings. The number of sulfonamides is 1. The average Bonchev–Trinajstić information content (AvgIpc) is 2.86. The molecule has 1 heterocycles. The molecule has 0 radical (unpaired) electrons. The number of hydrogen-bond donors (Lipinski definition) is 1. The van der Waals surface area contributed by atoms with Crippen molar-refractivity contribution in [2.75, 3.05) is 10.8 Å². The van der Waals surface area contributed by atoms with Crippen LogP contribution in [0.1, 0.15) is 11.1 Å². The molecule has 6 nitrogen and oxygen atoms in total. The third-order valence-electron chi connectivity index (χ3n) is 5.89. The van der Waals surface area contributed by atoms with Crippen molar-refractivity contribution in [2.24, 2.45) is 0 Å². The first kappa shape index (κ1) is 22.0. The Balaban J connectivity index is 1.40. The highest BCUT2D eigenvalue weighted by Crippen LogP contribution is 2.37. The van der Waals surface area contributed by atoms with Gasteiger partial charge in [-0.1, -0.05) is 60.7 Å². The highest BCUT2D eigenvalue weighted by atomic mass is 32.2. The van der Waals surface area contributed by atoms with Crippen LogP contribution in [0, 0.1) is 6.92 Å². The van der Waals surface area contributed by atoms with Gasteiger partial charge in [-0.3, -0.25) is 9.10 Å². The van der Waals surface area contributed by atoms with Crippen LogP contribution in [0.5, 0.6) is 5.75 Å². The summed E-state index contributed by atoms with van der Waals surface area (Å²) in [6.45, 7) is 2.09. The summed E-state index contributed by atoms with van der Waals surface area (Å²) in [5.74, 6) is 0.00480. The summed E-state index contributed by atoms with van der Waals surface area (Å²) in [7, 11) is -3.87. The SMILES string of the molecule is Cc1ccc2c(c1)O[C@@H](C(=O)NCc1ccc3ccccc3c1)CN2S(=O)(=O)c1ccccc1. The van der Waals surface area contributed by atoms with E-state index in [0.29, 0.717) is 18.0 Å². The van der Waals surface area contributed by atoms with Crippen LogP contribution in [0.15, 0.2) is 95.9 Å². The summed E-state index contributed by atoms with van der Waals surface area (Å²) >= 11 is 0. The monoisotopic (exact) mass is 472 g/mol. The lowest BCUT2D eigenvalue weighted by molar-refractivity contribution is -0.127. The zero-order chi connectivity index (χ0) is 23.7. The summed E-state index contributed by atoms with van der Waals surface area (Å²) < 4.78 is 34.1. The van der Waals surface area contributed by atoms with Crippen molar-refractivity contribution >= 4 is 32.4 Å². The van der Waals surface area contributed by atoms with Crippen LogP contribution in [-0.2, 0) is 21.4 Å². The highest BCUT2D eigenvalue weighted by molar-refractivity contribution is 7.92. The van der Waals surface area contributed by atoms with Crippen LogP contribution in [0.3, 0.4) is 0 Å². The second-order valence-electron chi connectivity index (χ2n) is 8.33. The van der Waals surface area contributed by atoms with Crippen molar-refractivity contribution in [1.82, 2.24) is 5.32 Å². The molecule has 1 atom stereocenters. The largest absolute Gasteiger partial charge is 0.476 e. The van der Waals surface area contributed by atoms with Crippen LogP contribution in [0.4, 0.5) is 5.69 Å². The standard InChI is InChI=1S/C27H24N2O4S/c1-19-11-14-24-25(15-19)33-26(18-29(24)34(31,32)23-9-3-2-4-10-23)27(30)28-17-20-12-13-21-7-5-6-8-22(21)16-20/h2-16,26H,17-18H2,1H3,(H,28,30)/t26-/m1/s1. The van der Waals surface area contributed by atoms with E-state index in [-0.39, 0.29) is 17.3 Å². The maximum atomic E-state index is 13.4. The van der Waals surface area contributed by atoms with Gasteiger partial charge in [-0.2, -0.15) is 0 Å². The molecule has 0 spiro atoms. The fourth-order valence-corrected chi connectivity index (χ4v) is 5.59. The minimum Gasteiger partial charge on any atom is -0.476 e. The number of carbonyl (C=O) groups excluding carboxylic acids is 1. The van der Waals surface area contributed by atoms with E-state index in [1.165, 1.54) is 4.31 Å². The third kappa shape index (κ3) is 4.22. The van der Waals surface area contributed by atoms with E-state index in [4.69, 9.17) is 4.74 Å². The van der Waals surface area contributed by atoms with Gasteiger partial charge < -0.3 is 10.1 Å². The molecular weight excluding hydrogens is 448 g/mol. The van der Waals surface area contributed by atoms with Gasteiger partial charge in [0.1, 0.15) is 5.75 Å². The van der Waals surface area contributed by atoms with Crippen molar-refractivity contribution in [3.8, 4) is 5.75 Å². The van der Waals surface area contributed by atoms with Gasteiger partial charge in [0.05, 0.1) is 17.1 Å². The zero-order valence-electron chi connectivity index (χ0n) is 18.6. The van der Waals surface area contributed by atoms with Gasteiger partial charge in [0.2, 0.25) is 0 Å². The molecule has 172 valence electrons.